The molecule has 1 saturated heterocycles. The van der Waals surface area contributed by atoms with E-state index in [0.717, 1.165) is 6.07 Å². The van der Waals surface area contributed by atoms with E-state index >= 15 is 0 Å². The summed E-state index contributed by atoms with van der Waals surface area (Å²) in [5, 5.41) is 12.4. The van der Waals surface area contributed by atoms with E-state index in [4.69, 9.17) is 14.6 Å². The minimum atomic E-state index is -0.407. The van der Waals surface area contributed by atoms with E-state index in [2.05, 4.69) is 5.32 Å². The predicted molar refractivity (Wildman–Crippen MR) is 65.0 cm³/mol. The number of nitrogens with one attached hydrogen (secondary N) is 1. The predicted octanol–water partition coefficient (Wildman–Crippen LogP) is 1.60. The summed E-state index contributed by atoms with van der Waals surface area (Å²) in [6, 6.07) is 4.04. The van der Waals surface area contributed by atoms with Crippen molar-refractivity contribution in [2.75, 3.05) is 26.4 Å². The van der Waals surface area contributed by atoms with Crippen LogP contribution in [0.3, 0.4) is 0 Å². The van der Waals surface area contributed by atoms with Crippen molar-refractivity contribution < 1.29 is 19.0 Å². The summed E-state index contributed by atoms with van der Waals surface area (Å²) in [4.78, 5) is 0. The van der Waals surface area contributed by atoms with E-state index in [1.54, 1.807) is 6.07 Å². The van der Waals surface area contributed by atoms with Gasteiger partial charge in [0.15, 0.2) is 0 Å². The van der Waals surface area contributed by atoms with E-state index in [1.807, 2.05) is 6.92 Å². The van der Waals surface area contributed by atoms with Gasteiger partial charge in [0.2, 0.25) is 0 Å². The first kappa shape index (κ1) is 13.3. The lowest BCUT2D eigenvalue weighted by Crippen LogP contribution is -2.38. The zero-order chi connectivity index (χ0) is 13.0. The molecule has 0 bridgehead atoms. The molecule has 2 atom stereocenters. The van der Waals surface area contributed by atoms with Gasteiger partial charge in [-0.2, -0.15) is 0 Å². The third-order valence-electron chi connectivity index (χ3n) is 2.99. The monoisotopic (exact) mass is 255 g/mol. The minimum absolute atomic E-state index is 0.0152. The molecule has 0 amide bonds. The number of ether oxygens (including phenoxy) is 2. The second-order valence-electron chi connectivity index (χ2n) is 4.40. The normalized spacial score (nSPS) is 21.8. The smallest absolute Gasteiger partial charge is 0.131 e. The Hall–Kier alpha value is -1.17. The number of benzene rings is 1. The van der Waals surface area contributed by atoms with Crippen LogP contribution < -0.4 is 5.32 Å². The van der Waals surface area contributed by atoms with Gasteiger partial charge in [-0.25, -0.2) is 4.39 Å². The summed E-state index contributed by atoms with van der Waals surface area (Å²) in [7, 11) is 0. The van der Waals surface area contributed by atoms with Crippen LogP contribution in [0.1, 0.15) is 18.5 Å². The van der Waals surface area contributed by atoms with Gasteiger partial charge in [-0.3, -0.25) is 0 Å². The van der Waals surface area contributed by atoms with Gasteiger partial charge >= 0.3 is 0 Å². The Morgan fingerprint density at radius 3 is 3.00 bits per heavy atom. The number of hydrogen-bond acceptors (Lipinski definition) is 4. The Bertz CT molecular complexity index is 394. The van der Waals surface area contributed by atoms with Crippen LogP contribution >= 0.6 is 0 Å². The van der Waals surface area contributed by atoms with Gasteiger partial charge in [0.25, 0.3) is 0 Å². The van der Waals surface area contributed by atoms with Crippen molar-refractivity contribution in [3.63, 3.8) is 0 Å². The molecule has 100 valence electrons. The summed E-state index contributed by atoms with van der Waals surface area (Å²) < 4.78 is 24.4. The molecular formula is C13H18FNO3. The molecule has 18 heavy (non-hydrogen) atoms. The maximum absolute atomic E-state index is 13.6. The Balaban J connectivity index is 1.88. The molecular weight excluding hydrogens is 237 g/mol. The van der Waals surface area contributed by atoms with E-state index in [9.17, 15) is 4.39 Å². The van der Waals surface area contributed by atoms with Crippen molar-refractivity contribution in [1.29, 1.82) is 0 Å². The zero-order valence-corrected chi connectivity index (χ0v) is 10.4. The summed E-state index contributed by atoms with van der Waals surface area (Å²) in [5.41, 5.74) is 0.532. The number of rotatable bonds is 4. The first-order chi connectivity index (χ1) is 8.66. The van der Waals surface area contributed by atoms with Crippen LogP contribution in [0.25, 0.3) is 0 Å². The standard InChI is InChI=1S/C13H18FNO3/c1-9(12-3-2-10(16)6-13(12)14)15-7-11-8-17-4-5-18-11/h2-3,6,9,11,15-16H,4-5,7-8H2,1H3. The number of halogens is 1. The van der Waals surface area contributed by atoms with E-state index in [1.165, 1.54) is 6.07 Å². The van der Waals surface area contributed by atoms with Gasteiger partial charge in [-0.15, -0.1) is 0 Å². The average Bonchev–Trinajstić information content (AvgIpc) is 2.37. The zero-order valence-electron chi connectivity index (χ0n) is 10.4. The van der Waals surface area contributed by atoms with Crippen LogP contribution in [0.4, 0.5) is 4.39 Å². The van der Waals surface area contributed by atoms with Gasteiger partial charge in [0, 0.05) is 24.2 Å². The molecule has 0 saturated carbocycles. The van der Waals surface area contributed by atoms with Crippen LogP contribution in [-0.4, -0.2) is 37.6 Å². The highest BCUT2D eigenvalue weighted by molar-refractivity contribution is 5.29. The highest BCUT2D eigenvalue weighted by atomic mass is 19.1. The average molecular weight is 255 g/mol. The van der Waals surface area contributed by atoms with Crippen LogP contribution in [0.15, 0.2) is 18.2 Å². The second kappa shape index (κ2) is 6.13. The molecule has 2 rings (SSSR count). The highest BCUT2D eigenvalue weighted by Crippen LogP contribution is 2.21. The Morgan fingerprint density at radius 1 is 1.50 bits per heavy atom. The van der Waals surface area contributed by atoms with E-state index in [-0.39, 0.29) is 17.9 Å². The number of aromatic hydroxyl groups is 1. The lowest BCUT2D eigenvalue weighted by atomic mass is 10.1. The summed E-state index contributed by atoms with van der Waals surface area (Å²) in [5.74, 6) is -0.469. The molecule has 1 aliphatic heterocycles. The van der Waals surface area contributed by atoms with Crippen molar-refractivity contribution >= 4 is 0 Å². The minimum Gasteiger partial charge on any atom is -0.508 e. The highest BCUT2D eigenvalue weighted by Gasteiger charge is 2.17. The molecule has 1 aromatic rings. The maximum Gasteiger partial charge on any atom is 0.131 e. The third kappa shape index (κ3) is 3.41. The largest absolute Gasteiger partial charge is 0.508 e. The lowest BCUT2D eigenvalue weighted by molar-refractivity contribution is -0.0870. The summed E-state index contributed by atoms with van der Waals surface area (Å²) in [6.45, 7) is 4.30. The van der Waals surface area contributed by atoms with Crippen molar-refractivity contribution in [1.82, 2.24) is 5.32 Å². The van der Waals surface area contributed by atoms with Crippen molar-refractivity contribution in [3.05, 3.63) is 29.6 Å². The van der Waals surface area contributed by atoms with Crippen LogP contribution in [0.2, 0.25) is 0 Å². The third-order valence-corrected chi connectivity index (χ3v) is 2.99. The van der Waals surface area contributed by atoms with E-state index in [0.29, 0.717) is 31.9 Å². The molecule has 1 aromatic carbocycles. The Morgan fingerprint density at radius 2 is 2.33 bits per heavy atom. The molecule has 0 radical (unpaired) electrons. The molecule has 0 aromatic heterocycles. The number of hydrogen-bond donors (Lipinski definition) is 2. The quantitative estimate of drug-likeness (QED) is 0.858. The Labute approximate surface area is 106 Å². The fourth-order valence-electron chi connectivity index (χ4n) is 1.94. The van der Waals surface area contributed by atoms with Crippen molar-refractivity contribution in [2.45, 2.75) is 19.1 Å². The molecule has 2 unspecified atom stereocenters. The maximum atomic E-state index is 13.6. The Kier molecular flexibility index (Phi) is 4.52. The molecule has 1 aliphatic rings. The topological polar surface area (TPSA) is 50.7 Å². The number of phenols is 1. The summed E-state index contributed by atoms with van der Waals surface area (Å²) >= 11 is 0. The molecule has 1 fully saturated rings. The molecule has 5 heteroatoms. The first-order valence-corrected chi connectivity index (χ1v) is 6.08. The lowest BCUT2D eigenvalue weighted by Gasteiger charge is -2.25. The van der Waals surface area contributed by atoms with Crippen LogP contribution in [0, 0.1) is 5.82 Å². The SMILES string of the molecule is CC(NCC1COCCO1)c1ccc(O)cc1F. The van der Waals surface area contributed by atoms with Gasteiger partial charge in [0.1, 0.15) is 11.6 Å². The fraction of sp³-hybridized carbons (Fsp3) is 0.538. The molecule has 2 N–H and O–H groups in total. The number of phenolic OH excluding ortho intramolecular Hbond substituents is 1. The van der Waals surface area contributed by atoms with Crippen molar-refractivity contribution in [3.8, 4) is 5.75 Å². The van der Waals surface area contributed by atoms with Crippen molar-refractivity contribution in [2.24, 2.45) is 0 Å². The molecule has 0 aliphatic carbocycles. The van der Waals surface area contributed by atoms with Gasteiger partial charge in [0.05, 0.1) is 25.9 Å². The summed E-state index contributed by atoms with van der Waals surface area (Å²) in [6.07, 6.45) is 0.0152. The molecule has 0 spiro atoms. The fourth-order valence-corrected chi connectivity index (χ4v) is 1.94. The second-order valence-corrected chi connectivity index (χ2v) is 4.40. The molecule has 1 heterocycles. The van der Waals surface area contributed by atoms with Gasteiger partial charge < -0.3 is 19.9 Å². The first-order valence-electron chi connectivity index (χ1n) is 6.08. The van der Waals surface area contributed by atoms with Gasteiger partial charge in [-0.05, 0) is 13.0 Å². The van der Waals surface area contributed by atoms with Gasteiger partial charge in [-0.1, -0.05) is 6.07 Å². The van der Waals surface area contributed by atoms with Crippen LogP contribution in [0.5, 0.6) is 5.75 Å². The van der Waals surface area contributed by atoms with Crippen LogP contribution in [-0.2, 0) is 9.47 Å². The molecule has 4 nitrogen and oxygen atoms in total. The van der Waals surface area contributed by atoms with E-state index < -0.39 is 5.82 Å².